The molecule has 0 spiro atoms. The first-order chi connectivity index (χ1) is 8.86. The molecule has 1 aromatic carbocycles. The van der Waals surface area contributed by atoms with Gasteiger partial charge in [-0.05, 0) is 48.8 Å². The minimum absolute atomic E-state index is 0.255. The normalized spacial score (nSPS) is 24.1. The summed E-state index contributed by atoms with van der Waals surface area (Å²) in [7, 11) is 2.28. The fraction of sp³-hybridized carbons (Fsp3) is 0.667. The summed E-state index contributed by atoms with van der Waals surface area (Å²) in [5, 5.41) is 0. The molecule has 0 aliphatic heterocycles. The van der Waals surface area contributed by atoms with Crippen molar-refractivity contribution < 1.29 is 0 Å². The molecule has 1 aliphatic carbocycles. The van der Waals surface area contributed by atoms with Gasteiger partial charge in [0.15, 0.2) is 0 Å². The van der Waals surface area contributed by atoms with Gasteiger partial charge in [-0.2, -0.15) is 0 Å². The van der Waals surface area contributed by atoms with Crippen molar-refractivity contribution in [3.05, 3.63) is 35.4 Å². The van der Waals surface area contributed by atoms with Crippen LogP contribution in [-0.2, 0) is 12.0 Å². The fourth-order valence-corrected chi connectivity index (χ4v) is 3.10. The third-order valence-electron chi connectivity index (χ3n) is 4.54. The number of hydrogen-bond acceptors (Lipinski definition) is 1. The summed E-state index contributed by atoms with van der Waals surface area (Å²) in [5.41, 5.74) is 3.12. The molecular formula is C18H29N. The third kappa shape index (κ3) is 3.82. The van der Waals surface area contributed by atoms with E-state index in [1.54, 1.807) is 0 Å². The van der Waals surface area contributed by atoms with Crippen molar-refractivity contribution in [3.63, 3.8) is 0 Å². The SMILES string of the molecule is C[C@H]1CCC(N(C)Cc2ccc(C(C)(C)C)cc2)C1. The Morgan fingerprint density at radius 2 is 1.74 bits per heavy atom. The lowest BCUT2D eigenvalue weighted by Crippen LogP contribution is -2.28. The van der Waals surface area contributed by atoms with Crippen molar-refractivity contribution in [3.8, 4) is 0 Å². The van der Waals surface area contributed by atoms with Gasteiger partial charge in [-0.25, -0.2) is 0 Å². The Labute approximate surface area is 119 Å². The molecule has 0 N–H and O–H groups in total. The number of benzene rings is 1. The Morgan fingerprint density at radius 1 is 1.11 bits per heavy atom. The molecule has 1 nitrogen and oxygen atoms in total. The van der Waals surface area contributed by atoms with E-state index < -0.39 is 0 Å². The van der Waals surface area contributed by atoms with Crippen LogP contribution in [0, 0.1) is 5.92 Å². The van der Waals surface area contributed by atoms with Crippen LogP contribution >= 0.6 is 0 Å². The maximum Gasteiger partial charge on any atom is 0.0233 e. The maximum absolute atomic E-state index is 2.54. The molecule has 1 aliphatic rings. The number of hydrogen-bond donors (Lipinski definition) is 0. The van der Waals surface area contributed by atoms with Crippen molar-refractivity contribution in [1.29, 1.82) is 0 Å². The molecule has 0 saturated heterocycles. The second kappa shape index (κ2) is 5.66. The average molecular weight is 259 g/mol. The highest BCUT2D eigenvalue weighted by Gasteiger charge is 2.24. The van der Waals surface area contributed by atoms with Gasteiger partial charge in [-0.3, -0.25) is 4.90 Å². The molecule has 19 heavy (non-hydrogen) atoms. The van der Waals surface area contributed by atoms with Crippen LogP contribution in [0.3, 0.4) is 0 Å². The highest BCUT2D eigenvalue weighted by molar-refractivity contribution is 5.27. The number of nitrogens with zero attached hydrogens (tertiary/aromatic N) is 1. The second-order valence-electron chi connectivity index (χ2n) is 7.43. The monoisotopic (exact) mass is 259 g/mol. The topological polar surface area (TPSA) is 3.24 Å². The highest BCUT2D eigenvalue weighted by atomic mass is 15.1. The molecule has 0 aromatic heterocycles. The van der Waals surface area contributed by atoms with Gasteiger partial charge >= 0.3 is 0 Å². The Balaban J connectivity index is 1.96. The molecule has 1 saturated carbocycles. The van der Waals surface area contributed by atoms with E-state index in [1.807, 2.05) is 0 Å². The summed E-state index contributed by atoms with van der Waals surface area (Å²) in [6.07, 6.45) is 4.15. The average Bonchev–Trinajstić information content (AvgIpc) is 2.75. The first-order valence-corrected chi connectivity index (χ1v) is 7.66. The standard InChI is InChI=1S/C18H29N/c1-14-6-11-17(12-14)19(5)13-15-7-9-16(10-8-15)18(2,3)4/h7-10,14,17H,6,11-13H2,1-5H3/t14-,17?/m0/s1. The Kier molecular flexibility index (Phi) is 4.35. The Bertz CT molecular complexity index is 399. The summed E-state index contributed by atoms with van der Waals surface area (Å²) in [5.74, 6) is 0.913. The molecule has 0 heterocycles. The second-order valence-corrected chi connectivity index (χ2v) is 7.43. The van der Waals surface area contributed by atoms with E-state index in [0.717, 1.165) is 18.5 Å². The smallest absolute Gasteiger partial charge is 0.0233 e. The molecule has 0 bridgehead atoms. The fourth-order valence-electron chi connectivity index (χ4n) is 3.10. The summed E-state index contributed by atoms with van der Waals surface area (Å²) < 4.78 is 0. The van der Waals surface area contributed by atoms with Crippen LogP contribution in [0.1, 0.15) is 58.1 Å². The maximum atomic E-state index is 2.54. The minimum Gasteiger partial charge on any atom is -0.299 e. The lowest BCUT2D eigenvalue weighted by Gasteiger charge is -2.25. The van der Waals surface area contributed by atoms with E-state index in [-0.39, 0.29) is 5.41 Å². The first kappa shape index (κ1) is 14.6. The van der Waals surface area contributed by atoms with E-state index >= 15 is 0 Å². The van der Waals surface area contributed by atoms with Gasteiger partial charge in [-0.15, -0.1) is 0 Å². The quantitative estimate of drug-likeness (QED) is 0.766. The van der Waals surface area contributed by atoms with Gasteiger partial charge in [0.2, 0.25) is 0 Å². The van der Waals surface area contributed by atoms with Gasteiger partial charge in [-0.1, -0.05) is 52.0 Å². The molecule has 2 atom stereocenters. The largest absolute Gasteiger partial charge is 0.299 e. The van der Waals surface area contributed by atoms with Crippen molar-refractivity contribution in [2.45, 2.75) is 65.0 Å². The molecule has 2 rings (SSSR count). The van der Waals surface area contributed by atoms with Crippen LogP contribution in [0.2, 0.25) is 0 Å². The van der Waals surface area contributed by atoms with Crippen molar-refractivity contribution in [1.82, 2.24) is 4.90 Å². The summed E-state index contributed by atoms with van der Waals surface area (Å²) >= 11 is 0. The minimum atomic E-state index is 0.255. The van der Waals surface area contributed by atoms with E-state index in [1.165, 1.54) is 30.4 Å². The molecule has 1 unspecified atom stereocenters. The van der Waals surface area contributed by atoms with Crippen LogP contribution in [0.25, 0.3) is 0 Å². The predicted molar refractivity (Wildman–Crippen MR) is 83.4 cm³/mol. The molecule has 1 fully saturated rings. The third-order valence-corrected chi connectivity index (χ3v) is 4.54. The van der Waals surface area contributed by atoms with Gasteiger partial charge in [0.05, 0.1) is 0 Å². The van der Waals surface area contributed by atoms with E-state index in [2.05, 4.69) is 63.9 Å². The summed E-state index contributed by atoms with van der Waals surface area (Å²) in [4.78, 5) is 2.54. The molecule has 106 valence electrons. The zero-order chi connectivity index (χ0) is 14.0. The zero-order valence-electron chi connectivity index (χ0n) is 13.2. The van der Waals surface area contributed by atoms with Crippen LogP contribution in [0.4, 0.5) is 0 Å². The van der Waals surface area contributed by atoms with Gasteiger partial charge in [0, 0.05) is 12.6 Å². The first-order valence-electron chi connectivity index (χ1n) is 7.66. The van der Waals surface area contributed by atoms with Gasteiger partial charge in [0.25, 0.3) is 0 Å². The molecule has 1 heteroatoms. The highest BCUT2D eigenvalue weighted by Crippen LogP contribution is 2.29. The van der Waals surface area contributed by atoms with Crippen LogP contribution in [0.15, 0.2) is 24.3 Å². The van der Waals surface area contributed by atoms with Crippen molar-refractivity contribution in [2.75, 3.05) is 7.05 Å². The molecule has 1 aromatic rings. The van der Waals surface area contributed by atoms with Crippen LogP contribution in [0.5, 0.6) is 0 Å². The zero-order valence-corrected chi connectivity index (χ0v) is 13.2. The lowest BCUT2D eigenvalue weighted by atomic mass is 9.87. The van der Waals surface area contributed by atoms with Crippen LogP contribution < -0.4 is 0 Å². The summed E-state index contributed by atoms with van der Waals surface area (Å²) in [6, 6.07) is 9.98. The Hall–Kier alpha value is -0.820. The molecule has 0 amide bonds. The predicted octanol–water partition coefficient (Wildman–Crippen LogP) is 4.60. The number of rotatable bonds is 3. The molecule has 0 radical (unpaired) electrons. The van der Waals surface area contributed by atoms with Gasteiger partial charge < -0.3 is 0 Å². The van der Waals surface area contributed by atoms with E-state index in [0.29, 0.717) is 0 Å². The van der Waals surface area contributed by atoms with Crippen molar-refractivity contribution >= 4 is 0 Å². The van der Waals surface area contributed by atoms with Gasteiger partial charge in [0.1, 0.15) is 0 Å². The Morgan fingerprint density at radius 3 is 2.21 bits per heavy atom. The van der Waals surface area contributed by atoms with E-state index in [4.69, 9.17) is 0 Å². The van der Waals surface area contributed by atoms with Crippen molar-refractivity contribution in [2.24, 2.45) is 5.92 Å². The van der Waals surface area contributed by atoms with E-state index in [9.17, 15) is 0 Å². The lowest BCUT2D eigenvalue weighted by molar-refractivity contribution is 0.233. The van der Waals surface area contributed by atoms with Crippen LogP contribution in [-0.4, -0.2) is 18.0 Å². The molecular weight excluding hydrogens is 230 g/mol. The summed E-state index contributed by atoms with van der Waals surface area (Å²) in [6.45, 7) is 10.3.